The zero-order valence-corrected chi connectivity index (χ0v) is 11.8. The second-order valence-corrected chi connectivity index (χ2v) is 6.04. The number of carboxylic acids is 1. The summed E-state index contributed by atoms with van der Waals surface area (Å²) in [4.78, 5) is 25.2. The van der Waals surface area contributed by atoms with Gasteiger partial charge < -0.3 is 10.4 Å². The smallest absolute Gasteiger partial charge is 0.306 e. The van der Waals surface area contributed by atoms with Crippen molar-refractivity contribution >= 4 is 11.9 Å². The molecule has 0 aromatic heterocycles. The van der Waals surface area contributed by atoms with Crippen molar-refractivity contribution in [1.29, 1.82) is 0 Å². The second-order valence-electron chi connectivity index (χ2n) is 6.04. The summed E-state index contributed by atoms with van der Waals surface area (Å²) in [7, 11) is 2.10. The van der Waals surface area contributed by atoms with E-state index >= 15 is 0 Å². The predicted molar refractivity (Wildman–Crippen MR) is 71.7 cm³/mol. The van der Waals surface area contributed by atoms with Crippen molar-refractivity contribution < 1.29 is 14.7 Å². The van der Waals surface area contributed by atoms with Gasteiger partial charge in [-0.05, 0) is 46.1 Å². The lowest BCUT2D eigenvalue weighted by Crippen LogP contribution is -2.42. The zero-order chi connectivity index (χ0) is 14.0. The number of carboxylic acid groups (broad SMARTS) is 1. The van der Waals surface area contributed by atoms with Crippen LogP contribution in [0.3, 0.4) is 0 Å². The number of aliphatic carboxylic acids is 1. The number of likely N-dealkylation sites (N-methyl/N-ethyl adjacent to an activating group) is 1. The molecule has 19 heavy (non-hydrogen) atoms. The lowest BCUT2D eigenvalue weighted by Gasteiger charge is -2.25. The van der Waals surface area contributed by atoms with Crippen LogP contribution in [-0.2, 0) is 9.59 Å². The second kappa shape index (κ2) is 5.90. The fourth-order valence-electron chi connectivity index (χ4n) is 2.82. The molecular formula is C14H24N2O3. The van der Waals surface area contributed by atoms with Crippen LogP contribution in [0, 0.1) is 11.8 Å². The maximum absolute atomic E-state index is 12.0. The molecular weight excluding hydrogens is 244 g/mol. The number of nitrogens with zero attached hydrogens (tertiary/aromatic N) is 1. The van der Waals surface area contributed by atoms with Crippen LogP contribution in [0.5, 0.6) is 0 Å². The summed E-state index contributed by atoms with van der Waals surface area (Å²) in [5, 5.41) is 11.9. The number of rotatable bonds is 6. The third kappa shape index (κ3) is 3.69. The minimum Gasteiger partial charge on any atom is -0.481 e. The van der Waals surface area contributed by atoms with Crippen molar-refractivity contribution in [3.05, 3.63) is 0 Å². The highest BCUT2D eigenvalue weighted by Crippen LogP contribution is 2.31. The molecule has 1 unspecified atom stereocenters. The van der Waals surface area contributed by atoms with Gasteiger partial charge in [-0.1, -0.05) is 0 Å². The van der Waals surface area contributed by atoms with E-state index in [4.69, 9.17) is 5.11 Å². The molecule has 0 aliphatic heterocycles. The largest absolute Gasteiger partial charge is 0.481 e. The Bertz CT molecular complexity index is 355. The quantitative estimate of drug-likeness (QED) is 0.756. The van der Waals surface area contributed by atoms with Gasteiger partial charge in [0.15, 0.2) is 0 Å². The topological polar surface area (TPSA) is 69.6 Å². The maximum Gasteiger partial charge on any atom is 0.306 e. The van der Waals surface area contributed by atoms with Gasteiger partial charge in [0.1, 0.15) is 0 Å². The van der Waals surface area contributed by atoms with Crippen LogP contribution in [0.2, 0.25) is 0 Å². The van der Waals surface area contributed by atoms with Gasteiger partial charge in [-0.3, -0.25) is 14.5 Å². The lowest BCUT2D eigenvalue weighted by molar-refractivity contribution is -0.141. The highest BCUT2D eigenvalue weighted by Gasteiger charge is 2.34. The van der Waals surface area contributed by atoms with Gasteiger partial charge >= 0.3 is 5.97 Å². The Hall–Kier alpha value is -1.10. The number of carbonyl (C=O) groups excluding carboxylic acids is 1. The maximum atomic E-state index is 12.0. The van der Waals surface area contributed by atoms with Crippen LogP contribution < -0.4 is 5.32 Å². The molecule has 2 aliphatic carbocycles. The lowest BCUT2D eigenvalue weighted by atomic mass is 10.0. The third-order valence-corrected chi connectivity index (χ3v) is 4.54. The Labute approximate surface area is 114 Å². The Balaban J connectivity index is 1.71. The first kappa shape index (κ1) is 14.3. The number of nitrogens with one attached hydrogen (secondary N) is 1. The number of carbonyl (C=O) groups is 2. The number of hydrogen-bond acceptors (Lipinski definition) is 3. The van der Waals surface area contributed by atoms with Crippen LogP contribution in [-0.4, -0.2) is 47.6 Å². The summed E-state index contributed by atoms with van der Waals surface area (Å²) < 4.78 is 0. The first-order chi connectivity index (χ1) is 8.99. The van der Waals surface area contributed by atoms with Crippen molar-refractivity contribution in [1.82, 2.24) is 10.2 Å². The molecule has 3 atom stereocenters. The molecule has 1 amide bonds. The molecule has 0 radical (unpaired) electrons. The molecule has 0 aromatic carbocycles. The first-order valence-corrected chi connectivity index (χ1v) is 7.21. The Morgan fingerprint density at radius 1 is 1.26 bits per heavy atom. The van der Waals surface area contributed by atoms with Gasteiger partial charge in [-0.25, -0.2) is 0 Å². The molecule has 0 aromatic rings. The molecule has 0 saturated heterocycles. The van der Waals surface area contributed by atoms with E-state index in [1.54, 1.807) is 0 Å². The van der Waals surface area contributed by atoms with Crippen molar-refractivity contribution in [2.24, 2.45) is 11.8 Å². The van der Waals surface area contributed by atoms with E-state index in [9.17, 15) is 9.59 Å². The average Bonchev–Trinajstić information content (AvgIpc) is 3.10. The van der Waals surface area contributed by atoms with Crippen LogP contribution in [0.25, 0.3) is 0 Å². The van der Waals surface area contributed by atoms with Crippen molar-refractivity contribution in [3.8, 4) is 0 Å². The molecule has 2 aliphatic rings. The van der Waals surface area contributed by atoms with Crippen molar-refractivity contribution in [2.45, 2.75) is 51.1 Å². The fraction of sp³-hybridized carbons (Fsp3) is 0.857. The van der Waals surface area contributed by atoms with Gasteiger partial charge in [0, 0.05) is 24.5 Å². The van der Waals surface area contributed by atoms with E-state index in [1.807, 2.05) is 0 Å². The van der Waals surface area contributed by atoms with Gasteiger partial charge in [0.25, 0.3) is 0 Å². The van der Waals surface area contributed by atoms with E-state index in [-0.39, 0.29) is 17.7 Å². The minimum absolute atomic E-state index is 0.0276. The van der Waals surface area contributed by atoms with Gasteiger partial charge in [-0.15, -0.1) is 0 Å². The zero-order valence-electron chi connectivity index (χ0n) is 11.8. The standard InChI is InChI=1S/C14H24N2O3/c1-9(16(2)12-5-6-12)8-15-13(17)10-3-4-11(7-10)14(18)19/h9-12H,3-8H2,1-2H3,(H,15,17)(H,18,19)/t9?,10-,11+/m1/s1. The van der Waals surface area contributed by atoms with Crippen LogP contribution in [0.4, 0.5) is 0 Å². The van der Waals surface area contributed by atoms with Crippen molar-refractivity contribution in [2.75, 3.05) is 13.6 Å². The normalized spacial score (nSPS) is 28.4. The fourth-order valence-corrected chi connectivity index (χ4v) is 2.82. The molecule has 2 saturated carbocycles. The Morgan fingerprint density at radius 2 is 1.89 bits per heavy atom. The molecule has 5 nitrogen and oxygen atoms in total. The summed E-state index contributed by atoms with van der Waals surface area (Å²) >= 11 is 0. The van der Waals surface area contributed by atoms with Gasteiger partial charge in [-0.2, -0.15) is 0 Å². The third-order valence-electron chi connectivity index (χ3n) is 4.54. The molecule has 0 heterocycles. The molecule has 2 rings (SSSR count). The summed E-state index contributed by atoms with van der Waals surface area (Å²) in [6.45, 7) is 2.77. The van der Waals surface area contributed by atoms with E-state index in [0.717, 1.165) is 0 Å². The van der Waals surface area contributed by atoms with Gasteiger partial charge in [0.05, 0.1) is 5.92 Å². The number of amides is 1. The number of hydrogen-bond donors (Lipinski definition) is 2. The van der Waals surface area contributed by atoms with E-state index in [2.05, 4.69) is 24.2 Å². The molecule has 0 spiro atoms. The molecule has 108 valence electrons. The van der Waals surface area contributed by atoms with Crippen LogP contribution >= 0.6 is 0 Å². The first-order valence-electron chi connectivity index (χ1n) is 7.21. The molecule has 0 bridgehead atoms. The van der Waals surface area contributed by atoms with E-state index in [0.29, 0.717) is 37.9 Å². The van der Waals surface area contributed by atoms with Crippen LogP contribution in [0.15, 0.2) is 0 Å². The molecule has 5 heteroatoms. The molecule has 2 fully saturated rings. The summed E-state index contributed by atoms with van der Waals surface area (Å²) in [6, 6.07) is 1.03. The SMILES string of the molecule is CC(CNC(=O)[C@@H]1CC[C@H](C(=O)O)C1)N(C)C1CC1. The minimum atomic E-state index is -0.767. The Kier molecular flexibility index (Phi) is 4.45. The van der Waals surface area contributed by atoms with Crippen molar-refractivity contribution in [3.63, 3.8) is 0 Å². The summed E-state index contributed by atoms with van der Waals surface area (Å²) in [5.74, 6) is -1.18. The molecule has 2 N–H and O–H groups in total. The van der Waals surface area contributed by atoms with E-state index in [1.165, 1.54) is 12.8 Å². The van der Waals surface area contributed by atoms with Crippen LogP contribution in [0.1, 0.15) is 39.0 Å². The summed E-state index contributed by atoms with van der Waals surface area (Å²) in [5.41, 5.74) is 0. The predicted octanol–water partition coefficient (Wildman–Crippen LogP) is 1.09. The van der Waals surface area contributed by atoms with Gasteiger partial charge in [0.2, 0.25) is 5.91 Å². The highest BCUT2D eigenvalue weighted by atomic mass is 16.4. The Morgan fingerprint density at radius 3 is 2.42 bits per heavy atom. The summed E-state index contributed by atoms with van der Waals surface area (Å²) in [6.07, 6.45) is 4.35. The highest BCUT2D eigenvalue weighted by molar-refractivity contribution is 5.80. The van der Waals surface area contributed by atoms with E-state index < -0.39 is 5.97 Å². The average molecular weight is 268 g/mol. The monoisotopic (exact) mass is 268 g/mol.